The number of hydrogen-bond acceptors (Lipinski definition) is 3. The zero-order chi connectivity index (χ0) is 12.5. The van der Waals surface area contributed by atoms with Crippen LogP contribution in [0.15, 0.2) is 12.1 Å². The van der Waals surface area contributed by atoms with Crippen molar-refractivity contribution in [3.05, 3.63) is 34.1 Å². The minimum atomic E-state index is -3.31. The monoisotopic (exact) mass is 266 g/mol. The topological polar surface area (TPSA) is 54.4 Å². The molecule has 1 aromatic carbocycles. The molecule has 0 bridgehead atoms. The van der Waals surface area contributed by atoms with E-state index in [1.165, 1.54) is 13.0 Å². The van der Waals surface area contributed by atoms with E-state index < -0.39 is 27.5 Å². The molecule has 1 N–H and O–H groups in total. The van der Waals surface area contributed by atoms with Crippen molar-refractivity contribution < 1.29 is 17.9 Å². The Morgan fingerprint density at radius 1 is 1.50 bits per heavy atom. The van der Waals surface area contributed by atoms with Crippen molar-refractivity contribution in [2.45, 2.75) is 13.0 Å². The Morgan fingerprint density at radius 3 is 2.56 bits per heavy atom. The van der Waals surface area contributed by atoms with Crippen molar-refractivity contribution >= 4 is 21.4 Å². The van der Waals surface area contributed by atoms with Crippen LogP contribution < -0.4 is 0 Å². The van der Waals surface area contributed by atoms with Gasteiger partial charge in [0.15, 0.2) is 0 Å². The molecule has 0 aliphatic carbocycles. The van der Waals surface area contributed by atoms with Gasteiger partial charge in [-0.15, -0.1) is 0 Å². The van der Waals surface area contributed by atoms with Crippen LogP contribution in [0.25, 0.3) is 0 Å². The summed E-state index contributed by atoms with van der Waals surface area (Å²) in [6, 6.07) is 2.42. The van der Waals surface area contributed by atoms with Gasteiger partial charge in [0.1, 0.15) is 15.7 Å². The van der Waals surface area contributed by atoms with Gasteiger partial charge in [-0.25, -0.2) is 12.8 Å². The molecule has 0 aromatic heterocycles. The van der Waals surface area contributed by atoms with Gasteiger partial charge < -0.3 is 5.11 Å². The molecular formula is C10H12ClFO3S. The molecular weight excluding hydrogens is 255 g/mol. The lowest BCUT2D eigenvalue weighted by Gasteiger charge is -2.12. The number of benzene rings is 1. The predicted octanol–water partition coefficient (Wildman–Crippen LogP) is 1.87. The third-order valence-corrected chi connectivity index (χ3v) is 3.35. The SMILES string of the molecule is Cc1cc(C(O)CS(C)(=O)=O)c(Cl)cc1F. The van der Waals surface area contributed by atoms with E-state index in [0.29, 0.717) is 5.56 Å². The molecule has 0 aliphatic heterocycles. The van der Waals surface area contributed by atoms with E-state index in [-0.39, 0.29) is 10.6 Å². The largest absolute Gasteiger partial charge is 0.387 e. The highest BCUT2D eigenvalue weighted by molar-refractivity contribution is 7.90. The highest BCUT2D eigenvalue weighted by atomic mass is 35.5. The summed E-state index contributed by atoms with van der Waals surface area (Å²) in [4.78, 5) is 0. The van der Waals surface area contributed by atoms with Crippen molar-refractivity contribution in [1.82, 2.24) is 0 Å². The molecule has 90 valence electrons. The van der Waals surface area contributed by atoms with Crippen molar-refractivity contribution in [1.29, 1.82) is 0 Å². The van der Waals surface area contributed by atoms with Crippen LogP contribution in [0, 0.1) is 12.7 Å². The normalized spacial score (nSPS) is 13.8. The third kappa shape index (κ3) is 3.43. The number of aliphatic hydroxyl groups is 1. The smallest absolute Gasteiger partial charge is 0.150 e. The van der Waals surface area contributed by atoms with E-state index in [1.807, 2.05) is 0 Å². The van der Waals surface area contributed by atoms with Crippen LogP contribution >= 0.6 is 11.6 Å². The summed E-state index contributed by atoms with van der Waals surface area (Å²) in [5.41, 5.74) is 0.540. The van der Waals surface area contributed by atoms with Gasteiger partial charge in [-0.1, -0.05) is 11.6 Å². The summed E-state index contributed by atoms with van der Waals surface area (Å²) < 4.78 is 35.1. The minimum Gasteiger partial charge on any atom is -0.387 e. The van der Waals surface area contributed by atoms with Gasteiger partial charge in [0.2, 0.25) is 0 Å². The molecule has 0 aliphatic rings. The summed E-state index contributed by atoms with van der Waals surface area (Å²) in [5.74, 6) is -0.919. The van der Waals surface area contributed by atoms with E-state index in [2.05, 4.69) is 0 Å². The molecule has 1 rings (SSSR count). The van der Waals surface area contributed by atoms with Crippen LogP contribution in [0.3, 0.4) is 0 Å². The standard InChI is InChI=1S/C10H12ClFO3S/c1-6-3-7(8(11)4-9(6)12)10(13)5-16(2,14)15/h3-4,10,13H,5H2,1-2H3. The van der Waals surface area contributed by atoms with Crippen LogP contribution in [-0.2, 0) is 9.84 Å². The fourth-order valence-corrected chi connectivity index (χ4v) is 2.34. The van der Waals surface area contributed by atoms with E-state index >= 15 is 0 Å². The Kier molecular flexibility index (Phi) is 3.93. The second-order valence-electron chi connectivity index (χ2n) is 3.73. The summed E-state index contributed by atoms with van der Waals surface area (Å²) in [7, 11) is -3.31. The van der Waals surface area contributed by atoms with Gasteiger partial charge in [0.25, 0.3) is 0 Å². The Labute approximate surface area is 98.8 Å². The van der Waals surface area contributed by atoms with E-state index in [1.54, 1.807) is 0 Å². The lowest BCUT2D eigenvalue weighted by Crippen LogP contribution is -2.13. The first kappa shape index (κ1) is 13.4. The highest BCUT2D eigenvalue weighted by Gasteiger charge is 2.18. The Bertz CT molecular complexity index is 499. The highest BCUT2D eigenvalue weighted by Crippen LogP contribution is 2.26. The van der Waals surface area contributed by atoms with E-state index in [4.69, 9.17) is 11.6 Å². The van der Waals surface area contributed by atoms with Crippen molar-refractivity contribution in [2.75, 3.05) is 12.0 Å². The lowest BCUT2D eigenvalue weighted by molar-refractivity contribution is 0.202. The minimum absolute atomic E-state index is 0.0271. The Balaban J connectivity index is 3.09. The second kappa shape index (κ2) is 4.69. The molecule has 0 amide bonds. The van der Waals surface area contributed by atoms with Gasteiger partial charge in [-0.05, 0) is 24.6 Å². The van der Waals surface area contributed by atoms with Crippen LogP contribution in [0.2, 0.25) is 5.02 Å². The summed E-state index contributed by atoms with van der Waals surface area (Å²) in [6.07, 6.45) is -0.220. The van der Waals surface area contributed by atoms with Gasteiger partial charge in [0.05, 0.1) is 11.9 Å². The maximum absolute atomic E-state index is 13.1. The maximum atomic E-state index is 13.1. The van der Waals surface area contributed by atoms with E-state index in [0.717, 1.165) is 12.3 Å². The molecule has 0 saturated carbocycles. The van der Waals surface area contributed by atoms with Crippen LogP contribution in [0.4, 0.5) is 4.39 Å². The van der Waals surface area contributed by atoms with Crippen LogP contribution in [-0.4, -0.2) is 25.5 Å². The fourth-order valence-electron chi connectivity index (χ4n) is 1.31. The predicted molar refractivity (Wildman–Crippen MR) is 60.8 cm³/mol. The molecule has 1 aromatic rings. The molecule has 0 saturated heterocycles. The van der Waals surface area contributed by atoms with Crippen molar-refractivity contribution in [3.63, 3.8) is 0 Å². The van der Waals surface area contributed by atoms with Gasteiger partial charge >= 0.3 is 0 Å². The second-order valence-corrected chi connectivity index (χ2v) is 6.32. The number of sulfone groups is 1. The zero-order valence-corrected chi connectivity index (χ0v) is 10.4. The number of rotatable bonds is 3. The average molecular weight is 267 g/mol. The zero-order valence-electron chi connectivity index (χ0n) is 8.87. The average Bonchev–Trinajstić information content (AvgIpc) is 2.08. The molecule has 3 nitrogen and oxygen atoms in total. The lowest BCUT2D eigenvalue weighted by atomic mass is 10.1. The van der Waals surface area contributed by atoms with E-state index in [9.17, 15) is 17.9 Å². The Hall–Kier alpha value is -0.650. The molecule has 6 heteroatoms. The summed E-state index contributed by atoms with van der Waals surface area (Å²) in [5, 5.41) is 9.69. The number of halogens is 2. The maximum Gasteiger partial charge on any atom is 0.150 e. The number of aliphatic hydroxyl groups excluding tert-OH is 1. The molecule has 1 atom stereocenters. The molecule has 0 spiro atoms. The first-order valence-corrected chi connectivity index (χ1v) is 6.96. The quantitative estimate of drug-likeness (QED) is 0.909. The van der Waals surface area contributed by atoms with Crippen LogP contribution in [0.1, 0.15) is 17.2 Å². The van der Waals surface area contributed by atoms with Gasteiger partial charge in [-0.3, -0.25) is 0 Å². The van der Waals surface area contributed by atoms with Crippen LogP contribution in [0.5, 0.6) is 0 Å². The third-order valence-electron chi connectivity index (χ3n) is 2.10. The first-order valence-electron chi connectivity index (χ1n) is 4.52. The summed E-state index contributed by atoms with van der Waals surface area (Å²) >= 11 is 5.73. The molecule has 1 unspecified atom stereocenters. The number of aryl methyl sites for hydroxylation is 1. The molecule has 0 heterocycles. The fraction of sp³-hybridized carbons (Fsp3) is 0.400. The van der Waals surface area contributed by atoms with Gasteiger partial charge in [-0.2, -0.15) is 0 Å². The van der Waals surface area contributed by atoms with Crippen molar-refractivity contribution in [2.24, 2.45) is 0 Å². The number of hydrogen-bond donors (Lipinski definition) is 1. The van der Waals surface area contributed by atoms with Gasteiger partial charge in [0, 0.05) is 16.8 Å². The Morgan fingerprint density at radius 2 is 2.06 bits per heavy atom. The summed E-state index contributed by atoms with van der Waals surface area (Å²) in [6.45, 7) is 1.52. The first-order chi connectivity index (χ1) is 7.20. The molecule has 0 radical (unpaired) electrons. The molecule has 0 fully saturated rings. The molecule has 16 heavy (non-hydrogen) atoms. The van der Waals surface area contributed by atoms with Crippen molar-refractivity contribution in [3.8, 4) is 0 Å².